The molecule has 5 heteroatoms. The van der Waals surface area contributed by atoms with Crippen LogP contribution in [0.1, 0.15) is 30.3 Å². The van der Waals surface area contributed by atoms with Gasteiger partial charge in [-0.3, -0.25) is 0 Å². The molecule has 1 N–H and O–H groups in total. The van der Waals surface area contributed by atoms with Crippen molar-refractivity contribution in [3.05, 3.63) is 5.82 Å². The highest BCUT2D eigenvalue weighted by atomic mass is 32.2. The van der Waals surface area contributed by atoms with Crippen LogP contribution in [-0.4, -0.2) is 22.2 Å². The van der Waals surface area contributed by atoms with E-state index >= 15 is 0 Å². The van der Waals surface area contributed by atoms with Gasteiger partial charge in [0.25, 0.3) is 0 Å². The van der Waals surface area contributed by atoms with E-state index in [1.165, 1.54) is 36.5 Å². The number of hydrogen-bond acceptors (Lipinski definition) is 5. The molecule has 1 aromatic rings. The molecular formula is C8H13N3S2. The van der Waals surface area contributed by atoms with Crippen molar-refractivity contribution in [2.24, 2.45) is 0 Å². The van der Waals surface area contributed by atoms with E-state index in [1.807, 2.05) is 18.8 Å². The lowest BCUT2D eigenvalue weighted by molar-refractivity contribution is 0.669. The number of nitrogens with zero attached hydrogens (tertiary/aromatic N) is 2. The predicted molar refractivity (Wildman–Crippen MR) is 58.5 cm³/mol. The molecule has 1 saturated heterocycles. The summed E-state index contributed by atoms with van der Waals surface area (Å²) in [5.74, 6) is 2.29. The lowest BCUT2D eigenvalue weighted by Gasteiger charge is -2.17. The molecule has 0 radical (unpaired) electrons. The maximum atomic E-state index is 4.43. The van der Waals surface area contributed by atoms with E-state index in [-0.39, 0.29) is 0 Å². The zero-order chi connectivity index (χ0) is 9.10. The Bertz CT molecular complexity index is 268. The summed E-state index contributed by atoms with van der Waals surface area (Å²) in [6.07, 6.45) is 3.92. The van der Waals surface area contributed by atoms with Gasteiger partial charge in [0.1, 0.15) is 0 Å². The van der Waals surface area contributed by atoms with Crippen LogP contribution in [0.15, 0.2) is 0 Å². The zero-order valence-corrected chi connectivity index (χ0v) is 9.25. The van der Waals surface area contributed by atoms with Crippen LogP contribution in [0.25, 0.3) is 0 Å². The molecule has 0 amide bonds. The molecule has 0 aliphatic carbocycles. The minimum atomic E-state index is 0.548. The third kappa shape index (κ3) is 2.14. The summed E-state index contributed by atoms with van der Waals surface area (Å²) in [7, 11) is 1.89. The molecule has 3 nitrogen and oxygen atoms in total. The van der Waals surface area contributed by atoms with Gasteiger partial charge in [-0.1, -0.05) is 6.42 Å². The molecule has 0 spiro atoms. The summed E-state index contributed by atoms with van der Waals surface area (Å²) < 4.78 is 4.36. The summed E-state index contributed by atoms with van der Waals surface area (Å²) in [6.45, 7) is 0. The van der Waals surface area contributed by atoms with Crippen molar-refractivity contribution in [2.45, 2.75) is 24.5 Å². The number of hydrogen-bond donors (Lipinski definition) is 1. The number of rotatable bonds is 2. The highest BCUT2D eigenvalue weighted by Crippen LogP contribution is 2.37. The quantitative estimate of drug-likeness (QED) is 0.822. The van der Waals surface area contributed by atoms with Gasteiger partial charge in [0.15, 0.2) is 5.82 Å². The van der Waals surface area contributed by atoms with Crippen LogP contribution in [0.5, 0.6) is 0 Å². The van der Waals surface area contributed by atoms with Crippen molar-refractivity contribution in [1.29, 1.82) is 0 Å². The Morgan fingerprint density at radius 3 is 3.00 bits per heavy atom. The first-order chi connectivity index (χ1) is 6.40. The van der Waals surface area contributed by atoms with Gasteiger partial charge in [-0.15, -0.1) is 0 Å². The van der Waals surface area contributed by atoms with Crippen LogP contribution < -0.4 is 5.32 Å². The second-order valence-corrected chi connectivity index (χ2v) is 5.13. The second kappa shape index (κ2) is 4.28. The first kappa shape index (κ1) is 9.27. The third-order valence-corrected chi connectivity index (χ3v) is 4.24. The van der Waals surface area contributed by atoms with E-state index in [0.29, 0.717) is 5.25 Å². The summed E-state index contributed by atoms with van der Waals surface area (Å²) in [4.78, 5) is 4.43. The maximum absolute atomic E-state index is 4.43. The van der Waals surface area contributed by atoms with Crippen LogP contribution in [0.2, 0.25) is 0 Å². The van der Waals surface area contributed by atoms with E-state index in [4.69, 9.17) is 0 Å². The van der Waals surface area contributed by atoms with Crippen molar-refractivity contribution in [3.63, 3.8) is 0 Å². The fourth-order valence-electron chi connectivity index (χ4n) is 1.41. The van der Waals surface area contributed by atoms with Gasteiger partial charge in [0.2, 0.25) is 5.13 Å². The number of thioether (sulfide) groups is 1. The molecule has 2 rings (SSSR count). The molecule has 1 unspecified atom stereocenters. The first-order valence-electron chi connectivity index (χ1n) is 4.53. The van der Waals surface area contributed by atoms with Gasteiger partial charge < -0.3 is 5.32 Å². The number of anilines is 1. The van der Waals surface area contributed by atoms with Crippen molar-refractivity contribution < 1.29 is 0 Å². The lowest BCUT2D eigenvalue weighted by atomic mass is 10.2. The van der Waals surface area contributed by atoms with Crippen LogP contribution in [0, 0.1) is 0 Å². The Kier molecular flexibility index (Phi) is 3.05. The molecule has 2 heterocycles. The first-order valence-corrected chi connectivity index (χ1v) is 6.35. The topological polar surface area (TPSA) is 37.8 Å². The van der Waals surface area contributed by atoms with Crippen LogP contribution >= 0.6 is 23.3 Å². The Morgan fingerprint density at radius 1 is 1.46 bits per heavy atom. The molecular weight excluding hydrogens is 202 g/mol. The Hall–Kier alpha value is -0.290. The summed E-state index contributed by atoms with van der Waals surface area (Å²) in [5, 5.41) is 4.50. The molecule has 0 saturated carbocycles. The molecule has 1 aliphatic heterocycles. The molecule has 1 fully saturated rings. The van der Waals surface area contributed by atoms with Crippen molar-refractivity contribution in [2.75, 3.05) is 18.1 Å². The summed E-state index contributed by atoms with van der Waals surface area (Å²) >= 11 is 3.45. The average molecular weight is 215 g/mol. The van der Waals surface area contributed by atoms with Crippen LogP contribution in [0.4, 0.5) is 5.13 Å². The normalized spacial score (nSPS) is 23.0. The van der Waals surface area contributed by atoms with E-state index < -0.39 is 0 Å². The SMILES string of the molecule is CNc1nc(C2CCCCS2)ns1. The Morgan fingerprint density at radius 2 is 2.38 bits per heavy atom. The van der Waals surface area contributed by atoms with Crippen molar-refractivity contribution in [1.82, 2.24) is 9.36 Å². The molecule has 72 valence electrons. The number of nitrogens with one attached hydrogen (secondary N) is 1. The minimum Gasteiger partial charge on any atom is -0.363 e. The minimum absolute atomic E-state index is 0.548. The van der Waals surface area contributed by atoms with Crippen LogP contribution in [0.3, 0.4) is 0 Å². The largest absolute Gasteiger partial charge is 0.363 e. The second-order valence-electron chi connectivity index (χ2n) is 3.06. The molecule has 1 aliphatic rings. The van der Waals surface area contributed by atoms with Crippen LogP contribution in [-0.2, 0) is 0 Å². The van der Waals surface area contributed by atoms with E-state index in [1.54, 1.807) is 0 Å². The van der Waals surface area contributed by atoms with Gasteiger partial charge in [0, 0.05) is 18.6 Å². The molecule has 1 atom stereocenters. The van der Waals surface area contributed by atoms with E-state index in [9.17, 15) is 0 Å². The Labute approximate surface area is 86.5 Å². The fourth-order valence-corrected chi connectivity index (χ4v) is 3.30. The Balaban J connectivity index is 2.05. The average Bonchev–Trinajstić information content (AvgIpc) is 2.67. The third-order valence-electron chi connectivity index (χ3n) is 2.12. The maximum Gasteiger partial charge on any atom is 0.202 e. The van der Waals surface area contributed by atoms with Gasteiger partial charge >= 0.3 is 0 Å². The van der Waals surface area contributed by atoms with Gasteiger partial charge in [-0.2, -0.15) is 16.1 Å². The lowest BCUT2D eigenvalue weighted by Crippen LogP contribution is -2.03. The van der Waals surface area contributed by atoms with Crippen molar-refractivity contribution >= 4 is 28.4 Å². The standard InChI is InChI=1S/C8H13N3S2/c1-9-8-10-7(11-13-8)6-4-2-3-5-12-6/h6H,2-5H2,1H3,(H,9,10,11). The van der Waals surface area contributed by atoms with Crippen molar-refractivity contribution in [3.8, 4) is 0 Å². The molecule has 0 aromatic carbocycles. The summed E-state index contributed by atoms with van der Waals surface area (Å²) in [5.41, 5.74) is 0. The number of aromatic nitrogens is 2. The van der Waals surface area contributed by atoms with E-state index in [2.05, 4.69) is 14.7 Å². The summed E-state index contributed by atoms with van der Waals surface area (Å²) in [6, 6.07) is 0. The van der Waals surface area contributed by atoms with E-state index in [0.717, 1.165) is 11.0 Å². The smallest absolute Gasteiger partial charge is 0.202 e. The van der Waals surface area contributed by atoms with Gasteiger partial charge in [0.05, 0.1) is 5.25 Å². The molecule has 1 aromatic heterocycles. The highest BCUT2D eigenvalue weighted by Gasteiger charge is 2.19. The highest BCUT2D eigenvalue weighted by molar-refractivity contribution is 7.99. The van der Waals surface area contributed by atoms with Gasteiger partial charge in [-0.05, 0) is 18.6 Å². The zero-order valence-electron chi connectivity index (χ0n) is 7.62. The van der Waals surface area contributed by atoms with Gasteiger partial charge in [-0.25, -0.2) is 4.98 Å². The molecule has 13 heavy (non-hydrogen) atoms. The predicted octanol–water partition coefficient (Wildman–Crippen LogP) is 2.54. The fraction of sp³-hybridized carbons (Fsp3) is 0.750. The molecule has 0 bridgehead atoms. The monoisotopic (exact) mass is 215 g/mol.